The molecule has 0 spiro atoms. The van der Waals surface area contributed by atoms with E-state index in [1.54, 1.807) is 0 Å². The molecule has 1 atom stereocenters. The summed E-state index contributed by atoms with van der Waals surface area (Å²) < 4.78 is 7.89. The summed E-state index contributed by atoms with van der Waals surface area (Å²) in [6, 6.07) is 2.48. The molecule has 1 fully saturated rings. The summed E-state index contributed by atoms with van der Waals surface area (Å²) in [5.74, 6) is 0. The van der Waals surface area contributed by atoms with Crippen LogP contribution in [0.1, 0.15) is 65.1 Å². The standard InChI is InChI=1S/C17H31N3O/c1-13(2)20-11-6-14(19-20)12-15(18)17(21-5)9-7-16(3,4)8-10-17/h6,11,13,15H,7-10,12,18H2,1-5H3. The van der Waals surface area contributed by atoms with Crippen molar-refractivity contribution in [2.24, 2.45) is 11.1 Å². The van der Waals surface area contributed by atoms with E-state index < -0.39 is 0 Å². The zero-order chi connectivity index (χ0) is 15.7. The van der Waals surface area contributed by atoms with Gasteiger partial charge in [-0.3, -0.25) is 4.68 Å². The summed E-state index contributed by atoms with van der Waals surface area (Å²) in [5.41, 5.74) is 7.83. The maximum atomic E-state index is 6.53. The Morgan fingerprint density at radius 3 is 2.38 bits per heavy atom. The second-order valence-electron chi connectivity index (χ2n) is 7.62. The Morgan fingerprint density at radius 2 is 1.90 bits per heavy atom. The normalized spacial score (nSPS) is 22.4. The SMILES string of the molecule is COC1(C(N)Cc2ccn(C(C)C)n2)CCC(C)(C)CC1. The van der Waals surface area contributed by atoms with E-state index in [9.17, 15) is 0 Å². The third-order valence-corrected chi connectivity index (χ3v) is 5.15. The number of rotatable bonds is 5. The summed E-state index contributed by atoms with van der Waals surface area (Å²) in [6.07, 6.45) is 7.26. The summed E-state index contributed by atoms with van der Waals surface area (Å²) in [5, 5.41) is 4.62. The Bertz CT molecular complexity index is 454. The zero-order valence-electron chi connectivity index (χ0n) is 14.2. The van der Waals surface area contributed by atoms with E-state index in [0.29, 0.717) is 11.5 Å². The van der Waals surface area contributed by atoms with Crippen LogP contribution in [0.5, 0.6) is 0 Å². The van der Waals surface area contributed by atoms with Gasteiger partial charge in [-0.15, -0.1) is 0 Å². The molecule has 1 aliphatic carbocycles. The van der Waals surface area contributed by atoms with Gasteiger partial charge in [0.25, 0.3) is 0 Å². The average molecular weight is 293 g/mol. The Hall–Kier alpha value is -0.870. The quantitative estimate of drug-likeness (QED) is 0.906. The molecule has 0 radical (unpaired) electrons. The highest BCUT2D eigenvalue weighted by Gasteiger charge is 2.42. The summed E-state index contributed by atoms with van der Waals surface area (Å²) in [7, 11) is 1.81. The number of hydrogen-bond acceptors (Lipinski definition) is 3. The van der Waals surface area contributed by atoms with Crippen LogP contribution in [0.25, 0.3) is 0 Å². The fraction of sp³-hybridized carbons (Fsp3) is 0.824. The molecular weight excluding hydrogens is 262 g/mol. The van der Waals surface area contributed by atoms with Crippen molar-refractivity contribution < 1.29 is 4.74 Å². The highest BCUT2D eigenvalue weighted by molar-refractivity contribution is 5.07. The van der Waals surface area contributed by atoms with E-state index in [4.69, 9.17) is 10.5 Å². The van der Waals surface area contributed by atoms with Crippen LogP contribution >= 0.6 is 0 Å². The van der Waals surface area contributed by atoms with Crippen LogP contribution in [-0.2, 0) is 11.2 Å². The summed E-state index contributed by atoms with van der Waals surface area (Å²) >= 11 is 0. The van der Waals surface area contributed by atoms with E-state index in [-0.39, 0.29) is 11.6 Å². The molecular formula is C17H31N3O. The summed E-state index contributed by atoms with van der Waals surface area (Å²) in [4.78, 5) is 0. The van der Waals surface area contributed by atoms with Crippen LogP contribution in [0.4, 0.5) is 0 Å². The number of hydrogen-bond donors (Lipinski definition) is 1. The van der Waals surface area contributed by atoms with E-state index in [2.05, 4.69) is 38.9 Å². The Balaban J connectivity index is 2.04. The van der Waals surface area contributed by atoms with Crippen LogP contribution in [0.2, 0.25) is 0 Å². The van der Waals surface area contributed by atoms with E-state index >= 15 is 0 Å². The predicted octanol–water partition coefficient (Wildman–Crippen LogP) is 3.32. The van der Waals surface area contributed by atoms with Gasteiger partial charge in [-0.2, -0.15) is 5.10 Å². The molecule has 4 nitrogen and oxygen atoms in total. The molecule has 0 bridgehead atoms. The minimum absolute atomic E-state index is 0.00844. The lowest BCUT2D eigenvalue weighted by Gasteiger charge is -2.45. The molecule has 1 aromatic rings. The van der Waals surface area contributed by atoms with E-state index in [1.165, 1.54) is 12.8 Å². The summed E-state index contributed by atoms with van der Waals surface area (Å²) in [6.45, 7) is 8.94. The highest BCUT2D eigenvalue weighted by Crippen LogP contribution is 2.43. The molecule has 2 rings (SSSR count). The van der Waals surface area contributed by atoms with E-state index in [1.807, 2.05) is 18.0 Å². The van der Waals surface area contributed by atoms with Crippen LogP contribution in [0.3, 0.4) is 0 Å². The molecule has 2 N–H and O–H groups in total. The molecule has 0 amide bonds. The monoisotopic (exact) mass is 293 g/mol. The maximum absolute atomic E-state index is 6.53. The number of aromatic nitrogens is 2. The predicted molar refractivity (Wildman–Crippen MR) is 86.3 cm³/mol. The highest BCUT2D eigenvalue weighted by atomic mass is 16.5. The van der Waals surface area contributed by atoms with Crippen molar-refractivity contribution >= 4 is 0 Å². The molecule has 0 aromatic carbocycles. The Labute approximate surface area is 129 Å². The van der Waals surface area contributed by atoms with Crippen molar-refractivity contribution in [2.45, 2.75) is 77.5 Å². The number of nitrogens with zero attached hydrogens (tertiary/aromatic N) is 2. The zero-order valence-corrected chi connectivity index (χ0v) is 14.2. The molecule has 4 heteroatoms. The van der Waals surface area contributed by atoms with Crippen LogP contribution < -0.4 is 5.73 Å². The van der Waals surface area contributed by atoms with Gasteiger partial charge in [0.2, 0.25) is 0 Å². The van der Waals surface area contributed by atoms with Gasteiger partial charge in [-0.05, 0) is 51.0 Å². The fourth-order valence-electron chi connectivity index (χ4n) is 3.26. The van der Waals surface area contributed by atoms with Gasteiger partial charge in [-0.1, -0.05) is 13.8 Å². The lowest BCUT2D eigenvalue weighted by Crippen LogP contribution is -2.53. The molecule has 1 saturated carbocycles. The van der Waals surface area contributed by atoms with Crippen molar-refractivity contribution in [2.75, 3.05) is 7.11 Å². The Morgan fingerprint density at radius 1 is 1.29 bits per heavy atom. The second kappa shape index (κ2) is 6.09. The van der Waals surface area contributed by atoms with Crippen molar-refractivity contribution in [1.82, 2.24) is 9.78 Å². The largest absolute Gasteiger partial charge is 0.377 e. The molecule has 1 unspecified atom stereocenters. The van der Waals surface area contributed by atoms with Crippen molar-refractivity contribution in [1.29, 1.82) is 0 Å². The topological polar surface area (TPSA) is 53.1 Å². The lowest BCUT2D eigenvalue weighted by atomic mass is 9.68. The van der Waals surface area contributed by atoms with Gasteiger partial charge in [0, 0.05) is 31.8 Å². The first-order valence-corrected chi connectivity index (χ1v) is 8.13. The van der Waals surface area contributed by atoms with Crippen molar-refractivity contribution in [3.05, 3.63) is 18.0 Å². The fourth-order valence-corrected chi connectivity index (χ4v) is 3.26. The van der Waals surface area contributed by atoms with Crippen LogP contribution in [0, 0.1) is 5.41 Å². The molecule has 1 heterocycles. The molecule has 0 saturated heterocycles. The van der Waals surface area contributed by atoms with Crippen molar-refractivity contribution in [3.63, 3.8) is 0 Å². The molecule has 0 aliphatic heterocycles. The van der Waals surface area contributed by atoms with Gasteiger partial charge < -0.3 is 10.5 Å². The Kier molecular flexibility index (Phi) is 4.79. The maximum Gasteiger partial charge on any atom is 0.0833 e. The average Bonchev–Trinajstić information content (AvgIpc) is 2.88. The molecule has 120 valence electrons. The first kappa shape index (κ1) is 16.5. The number of ether oxygens (including phenoxy) is 1. The molecule has 21 heavy (non-hydrogen) atoms. The minimum atomic E-state index is -0.183. The lowest BCUT2D eigenvalue weighted by molar-refractivity contribution is -0.0783. The molecule has 1 aromatic heterocycles. The van der Waals surface area contributed by atoms with Gasteiger partial charge in [0.15, 0.2) is 0 Å². The number of methoxy groups -OCH3 is 1. The van der Waals surface area contributed by atoms with Gasteiger partial charge in [0.1, 0.15) is 0 Å². The second-order valence-corrected chi connectivity index (χ2v) is 7.62. The minimum Gasteiger partial charge on any atom is -0.377 e. The van der Waals surface area contributed by atoms with E-state index in [0.717, 1.165) is 25.0 Å². The van der Waals surface area contributed by atoms with Gasteiger partial charge in [-0.25, -0.2) is 0 Å². The first-order valence-electron chi connectivity index (χ1n) is 8.13. The van der Waals surface area contributed by atoms with Crippen molar-refractivity contribution in [3.8, 4) is 0 Å². The molecule has 1 aliphatic rings. The third-order valence-electron chi connectivity index (χ3n) is 5.15. The van der Waals surface area contributed by atoms with Gasteiger partial charge in [0.05, 0.1) is 11.3 Å². The third kappa shape index (κ3) is 3.67. The van der Waals surface area contributed by atoms with Crippen LogP contribution in [-0.4, -0.2) is 28.5 Å². The van der Waals surface area contributed by atoms with Crippen LogP contribution in [0.15, 0.2) is 12.3 Å². The van der Waals surface area contributed by atoms with Gasteiger partial charge >= 0.3 is 0 Å². The smallest absolute Gasteiger partial charge is 0.0833 e. The number of nitrogens with two attached hydrogens (primary N) is 1. The first-order chi connectivity index (χ1) is 9.78.